The fraction of sp³-hybridized carbons (Fsp3) is 0.227. The van der Waals surface area contributed by atoms with Crippen LogP contribution in [0.4, 0.5) is 5.69 Å². The van der Waals surface area contributed by atoms with E-state index in [0.29, 0.717) is 17.2 Å². The molecule has 0 spiro atoms. The molecule has 0 bridgehead atoms. The van der Waals surface area contributed by atoms with Crippen molar-refractivity contribution in [2.45, 2.75) is 24.0 Å². The fourth-order valence-electron chi connectivity index (χ4n) is 3.33. The molecule has 1 aliphatic rings. The van der Waals surface area contributed by atoms with Crippen molar-refractivity contribution in [3.05, 3.63) is 78.3 Å². The number of benzene rings is 2. The maximum absolute atomic E-state index is 12.5. The first-order valence-corrected chi connectivity index (χ1v) is 13.4. The van der Waals surface area contributed by atoms with E-state index >= 15 is 0 Å². The van der Waals surface area contributed by atoms with Gasteiger partial charge in [-0.05, 0) is 55.0 Å². The van der Waals surface area contributed by atoms with Crippen molar-refractivity contribution in [3.63, 3.8) is 0 Å². The molecule has 33 heavy (non-hydrogen) atoms. The Morgan fingerprint density at radius 3 is 2.42 bits per heavy atom. The van der Waals surface area contributed by atoms with Crippen LogP contribution < -0.4 is 14.8 Å². The van der Waals surface area contributed by atoms with Gasteiger partial charge in [0.25, 0.3) is 5.91 Å². The van der Waals surface area contributed by atoms with E-state index in [1.807, 2.05) is 30.3 Å². The van der Waals surface area contributed by atoms with E-state index < -0.39 is 31.8 Å². The summed E-state index contributed by atoms with van der Waals surface area (Å²) in [6.45, 7) is 0.166. The van der Waals surface area contributed by atoms with E-state index in [0.717, 1.165) is 0 Å². The lowest BCUT2D eigenvalue weighted by atomic mass is 10.3. The third-order valence-electron chi connectivity index (χ3n) is 4.99. The fourth-order valence-corrected chi connectivity index (χ4v) is 6.38. The molecule has 3 aromatic rings. The smallest absolute Gasteiger partial charge is 0.291 e. The van der Waals surface area contributed by atoms with Crippen molar-refractivity contribution >= 4 is 31.5 Å². The van der Waals surface area contributed by atoms with Gasteiger partial charge in [0, 0.05) is 11.7 Å². The van der Waals surface area contributed by atoms with Crippen LogP contribution in [0.15, 0.2) is 76.0 Å². The third-order valence-corrected chi connectivity index (χ3v) is 8.29. The van der Waals surface area contributed by atoms with E-state index in [9.17, 15) is 21.6 Å². The minimum Gasteiger partial charge on any atom is -0.486 e. The van der Waals surface area contributed by atoms with Crippen LogP contribution in [0.5, 0.6) is 5.75 Å². The minimum atomic E-state index is -3.88. The molecule has 2 N–H and O–H groups in total. The molecule has 174 valence electrons. The maximum atomic E-state index is 12.5. The van der Waals surface area contributed by atoms with Gasteiger partial charge in [-0.15, -0.1) is 0 Å². The number of sulfone groups is 1. The highest BCUT2D eigenvalue weighted by molar-refractivity contribution is 7.92. The Morgan fingerprint density at radius 2 is 1.76 bits per heavy atom. The highest BCUT2D eigenvalue weighted by Crippen LogP contribution is 2.19. The standard InChI is InChI=1S/C22H22N2O7S2/c25-22(21-11-8-19(31-21)14-30-18-4-2-1-3-5-18)23-16-6-9-20(10-7-16)33(28,29)24-17-12-13-32(26,27)15-17/h1-11,17,24H,12-15H2,(H,23,25)/t17-/m1/s1. The lowest BCUT2D eigenvalue weighted by Gasteiger charge is -2.12. The first-order chi connectivity index (χ1) is 15.7. The number of hydrogen-bond acceptors (Lipinski definition) is 7. The molecule has 9 nitrogen and oxygen atoms in total. The quantitative estimate of drug-likeness (QED) is 0.496. The van der Waals surface area contributed by atoms with Crippen molar-refractivity contribution in [1.82, 2.24) is 4.72 Å². The number of carbonyl (C=O) groups excluding carboxylic acids is 1. The Morgan fingerprint density at radius 1 is 1.03 bits per heavy atom. The SMILES string of the molecule is O=C(Nc1ccc(S(=O)(=O)N[C@@H]2CCS(=O)(=O)C2)cc1)c1ccc(COc2ccccc2)o1. The van der Waals surface area contributed by atoms with Crippen LogP contribution in [0.3, 0.4) is 0 Å². The van der Waals surface area contributed by atoms with Crippen LogP contribution in [0.1, 0.15) is 22.7 Å². The van der Waals surface area contributed by atoms with Crippen LogP contribution in [0.2, 0.25) is 0 Å². The number of sulfonamides is 1. The Balaban J connectivity index is 1.34. The first-order valence-electron chi connectivity index (χ1n) is 10.1. The van der Waals surface area contributed by atoms with Crippen molar-refractivity contribution in [1.29, 1.82) is 0 Å². The third kappa shape index (κ3) is 6.01. The zero-order chi connectivity index (χ0) is 23.5. The molecular formula is C22H22N2O7S2. The second-order valence-electron chi connectivity index (χ2n) is 7.57. The van der Waals surface area contributed by atoms with Gasteiger partial charge in [-0.25, -0.2) is 21.6 Å². The van der Waals surface area contributed by atoms with Gasteiger partial charge in [0.05, 0.1) is 16.4 Å². The summed E-state index contributed by atoms with van der Waals surface area (Å²) in [6, 6.07) is 17.3. The Kier molecular flexibility index (Phi) is 6.54. The molecule has 0 aliphatic carbocycles. The van der Waals surface area contributed by atoms with Gasteiger partial charge < -0.3 is 14.5 Å². The zero-order valence-corrected chi connectivity index (χ0v) is 19.1. The maximum Gasteiger partial charge on any atom is 0.291 e. The average Bonchev–Trinajstić information content (AvgIpc) is 3.39. The van der Waals surface area contributed by atoms with Gasteiger partial charge in [-0.1, -0.05) is 18.2 Å². The molecule has 1 atom stereocenters. The Bertz CT molecular complexity index is 1330. The number of carbonyl (C=O) groups is 1. The topological polar surface area (TPSA) is 132 Å². The van der Waals surface area contributed by atoms with Gasteiger partial charge in [-0.3, -0.25) is 4.79 Å². The lowest BCUT2D eigenvalue weighted by molar-refractivity contribution is 0.0992. The number of anilines is 1. The van der Waals surface area contributed by atoms with Gasteiger partial charge in [-0.2, -0.15) is 0 Å². The van der Waals surface area contributed by atoms with Crippen LogP contribution in [-0.4, -0.2) is 40.3 Å². The number of nitrogens with one attached hydrogen (secondary N) is 2. The normalized spacial score (nSPS) is 17.5. The Labute approximate surface area is 191 Å². The number of hydrogen-bond donors (Lipinski definition) is 2. The molecule has 2 aromatic carbocycles. The second-order valence-corrected chi connectivity index (χ2v) is 11.5. The van der Waals surface area contributed by atoms with E-state index in [-0.39, 0.29) is 35.2 Å². The second kappa shape index (κ2) is 9.38. The molecule has 4 rings (SSSR count). The lowest BCUT2D eigenvalue weighted by Crippen LogP contribution is -2.35. The van der Waals surface area contributed by atoms with Gasteiger partial charge >= 0.3 is 0 Å². The predicted molar refractivity (Wildman–Crippen MR) is 121 cm³/mol. The van der Waals surface area contributed by atoms with Crippen molar-refractivity contribution in [3.8, 4) is 5.75 Å². The summed E-state index contributed by atoms with van der Waals surface area (Å²) >= 11 is 0. The van der Waals surface area contributed by atoms with Crippen LogP contribution in [-0.2, 0) is 26.5 Å². The molecule has 1 fully saturated rings. The molecule has 2 heterocycles. The molecule has 1 aromatic heterocycles. The van der Waals surface area contributed by atoms with Crippen LogP contribution in [0.25, 0.3) is 0 Å². The molecule has 1 saturated heterocycles. The number of rotatable bonds is 8. The summed E-state index contributed by atoms with van der Waals surface area (Å²) < 4.78 is 61.6. The van der Waals surface area contributed by atoms with Crippen molar-refractivity contribution in [2.75, 3.05) is 16.8 Å². The van der Waals surface area contributed by atoms with Crippen LogP contribution in [0, 0.1) is 0 Å². The monoisotopic (exact) mass is 490 g/mol. The first kappa shape index (κ1) is 23.0. The highest BCUT2D eigenvalue weighted by Gasteiger charge is 2.31. The van der Waals surface area contributed by atoms with Gasteiger partial charge in [0.1, 0.15) is 18.1 Å². The summed E-state index contributed by atoms with van der Waals surface area (Å²) in [7, 11) is -7.08. The number of ether oxygens (including phenoxy) is 1. The summed E-state index contributed by atoms with van der Waals surface area (Å²) in [4.78, 5) is 12.4. The summed E-state index contributed by atoms with van der Waals surface area (Å²) in [5.74, 6) is 0.512. The van der Waals surface area contributed by atoms with E-state index in [1.54, 1.807) is 6.07 Å². The number of amides is 1. The predicted octanol–water partition coefficient (Wildman–Crippen LogP) is 2.58. The Hall–Kier alpha value is -3.15. The molecule has 0 saturated carbocycles. The molecule has 1 amide bonds. The van der Waals surface area contributed by atoms with Crippen molar-refractivity contribution in [2.24, 2.45) is 0 Å². The zero-order valence-electron chi connectivity index (χ0n) is 17.4. The van der Waals surface area contributed by atoms with E-state index in [4.69, 9.17) is 9.15 Å². The van der Waals surface area contributed by atoms with Gasteiger partial charge in [0.2, 0.25) is 10.0 Å². The average molecular weight is 491 g/mol. The molecular weight excluding hydrogens is 468 g/mol. The van der Waals surface area contributed by atoms with E-state index in [1.165, 1.54) is 30.3 Å². The molecule has 11 heteroatoms. The minimum absolute atomic E-state index is 0.0249. The van der Waals surface area contributed by atoms with Crippen LogP contribution >= 0.6 is 0 Å². The number of para-hydroxylation sites is 1. The largest absolute Gasteiger partial charge is 0.486 e. The molecule has 0 radical (unpaired) electrons. The van der Waals surface area contributed by atoms with E-state index in [2.05, 4.69) is 10.0 Å². The highest BCUT2D eigenvalue weighted by atomic mass is 32.2. The summed E-state index contributed by atoms with van der Waals surface area (Å²) in [5.41, 5.74) is 0.376. The molecule has 0 unspecified atom stereocenters. The summed E-state index contributed by atoms with van der Waals surface area (Å²) in [5, 5.41) is 2.64. The molecule has 1 aliphatic heterocycles. The summed E-state index contributed by atoms with van der Waals surface area (Å²) in [6.07, 6.45) is 0.247. The van der Waals surface area contributed by atoms with Crippen molar-refractivity contribution < 1.29 is 30.8 Å². The number of furan rings is 1. The van der Waals surface area contributed by atoms with Gasteiger partial charge in [0.15, 0.2) is 15.6 Å².